The fraction of sp³-hybridized carbons (Fsp3) is 0.273. The molecule has 0 unspecified atom stereocenters. The molecule has 176 valence electrons. The molecule has 1 aliphatic rings. The predicted molar refractivity (Wildman–Crippen MR) is 129 cm³/mol. The van der Waals surface area contributed by atoms with Crippen LogP contribution in [0.3, 0.4) is 0 Å². The molecule has 1 amide bonds. The molecule has 0 saturated carbocycles. The molecule has 11 heteroatoms. The van der Waals surface area contributed by atoms with Crippen LogP contribution < -0.4 is 5.43 Å². The lowest BCUT2D eigenvalue weighted by atomic mass is 10.1. The monoisotopic (exact) mass is 538 g/mol. The van der Waals surface area contributed by atoms with Gasteiger partial charge < -0.3 is 0 Å². The molecule has 5 nitrogen and oxygen atoms in total. The SMILES string of the molecule is Cl.[2H]C1([2H])CC(F)(F)CC([2H])([2H])N1NC(=O)c1nn(-c2ccc(Cl)cc2Cl)c(-c2ccc(Cl)cc2)c1C. The summed E-state index contributed by atoms with van der Waals surface area (Å²) in [6.45, 7) is -4.13. The van der Waals surface area contributed by atoms with Gasteiger partial charge in [0.1, 0.15) is 0 Å². The normalized spacial score (nSPS) is 20.5. The third kappa shape index (κ3) is 5.61. The summed E-state index contributed by atoms with van der Waals surface area (Å²) in [5, 5.41) is 5.77. The van der Waals surface area contributed by atoms with E-state index >= 15 is 0 Å². The van der Waals surface area contributed by atoms with Gasteiger partial charge >= 0.3 is 0 Å². The Labute approximate surface area is 216 Å². The lowest BCUT2D eigenvalue weighted by Gasteiger charge is -2.31. The summed E-state index contributed by atoms with van der Waals surface area (Å²) in [7, 11) is 0. The summed E-state index contributed by atoms with van der Waals surface area (Å²) in [6, 6.07) is 11.4. The molecule has 1 aromatic heterocycles. The van der Waals surface area contributed by atoms with Gasteiger partial charge in [-0.3, -0.25) is 10.2 Å². The summed E-state index contributed by atoms with van der Waals surface area (Å²) in [5.41, 5.74) is 3.76. The van der Waals surface area contributed by atoms with Crippen molar-refractivity contribution in [3.63, 3.8) is 0 Å². The van der Waals surface area contributed by atoms with Crippen molar-refractivity contribution in [1.29, 1.82) is 0 Å². The molecule has 1 saturated heterocycles. The Morgan fingerprint density at radius 2 is 1.70 bits per heavy atom. The molecular weight excluding hydrogens is 516 g/mol. The highest BCUT2D eigenvalue weighted by molar-refractivity contribution is 6.35. The van der Waals surface area contributed by atoms with Gasteiger partial charge in [0.05, 0.1) is 16.4 Å². The van der Waals surface area contributed by atoms with Crippen LogP contribution in [0.1, 0.15) is 34.4 Å². The maximum absolute atomic E-state index is 14.0. The number of piperidine rings is 1. The van der Waals surface area contributed by atoms with Crippen molar-refractivity contribution >= 4 is 53.1 Å². The average molecular weight is 540 g/mol. The Morgan fingerprint density at radius 1 is 1.09 bits per heavy atom. The molecule has 1 N–H and O–H groups in total. The van der Waals surface area contributed by atoms with Crippen LogP contribution in [0.25, 0.3) is 16.9 Å². The third-order valence-electron chi connectivity index (χ3n) is 4.80. The number of hydrogen-bond donors (Lipinski definition) is 1. The Kier molecular flexibility index (Phi) is 6.30. The Hall–Kier alpha value is -1.90. The number of carbonyl (C=O) groups is 1. The number of nitrogens with zero attached hydrogens (tertiary/aromatic N) is 3. The number of carbonyl (C=O) groups excluding carboxylic acids is 1. The largest absolute Gasteiger partial charge is 0.286 e. The van der Waals surface area contributed by atoms with E-state index in [0.717, 1.165) is 0 Å². The number of hydrazine groups is 1. The highest BCUT2D eigenvalue weighted by Crippen LogP contribution is 2.33. The zero-order valence-electron chi connectivity index (χ0n) is 21.0. The van der Waals surface area contributed by atoms with Crippen molar-refractivity contribution in [2.24, 2.45) is 0 Å². The maximum atomic E-state index is 14.0. The molecule has 0 radical (unpaired) electrons. The first-order valence-corrected chi connectivity index (χ1v) is 10.5. The number of amides is 1. The Balaban J connectivity index is 0.00000380. The molecule has 0 spiro atoms. The van der Waals surface area contributed by atoms with E-state index in [4.69, 9.17) is 40.3 Å². The number of aromatic nitrogens is 2. The molecule has 4 rings (SSSR count). The predicted octanol–water partition coefficient (Wildman–Crippen LogP) is 6.61. The van der Waals surface area contributed by atoms with Crippen LogP contribution in [0.15, 0.2) is 42.5 Å². The van der Waals surface area contributed by atoms with Crippen molar-refractivity contribution in [2.45, 2.75) is 25.7 Å². The molecule has 0 atom stereocenters. The second-order valence-corrected chi connectivity index (χ2v) is 8.42. The van der Waals surface area contributed by atoms with E-state index in [0.29, 0.717) is 32.6 Å². The van der Waals surface area contributed by atoms with Gasteiger partial charge in [-0.1, -0.05) is 46.9 Å². The van der Waals surface area contributed by atoms with E-state index in [1.165, 1.54) is 10.7 Å². The summed E-state index contributed by atoms with van der Waals surface area (Å²) >= 11 is 18.5. The maximum Gasteiger partial charge on any atom is 0.286 e. The fourth-order valence-corrected chi connectivity index (χ4v) is 3.84. The zero-order chi connectivity index (χ0) is 26.6. The van der Waals surface area contributed by atoms with Crippen LogP contribution in [0, 0.1) is 6.92 Å². The molecule has 0 aliphatic carbocycles. The third-order valence-corrected chi connectivity index (χ3v) is 5.59. The van der Waals surface area contributed by atoms with Gasteiger partial charge in [0.15, 0.2) is 5.69 Å². The first-order chi connectivity index (χ1) is 16.6. The molecule has 1 fully saturated rings. The quantitative estimate of drug-likeness (QED) is 0.406. The van der Waals surface area contributed by atoms with E-state index < -0.39 is 37.7 Å². The van der Waals surface area contributed by atoms with Crippen molar-refractivity contribution in [1.82, 2.24) is 20.2 Å². The molecule has 33 heavy (non-hydrogen) atoms. The van der Waals surface area contributed by atoms with Crippen molar-refractivity contribution in [2.75, 3.05) is 13.0 Å². The summed E-state index contributed by atoms with van der Waals surface area (Å²) < 4.78 is 61.2. The summed E-state index contributed by atoms with van der Waals surface area (Å²) in [4.78, 5) is 13.3. The first kappa shape index (κ1) is 20.5. The molecule has 1 aliphatic heterocycles. The van der Waals surface area contributed by atoms with E-state index in [2.05, 4.69) is 10.5 Å². The average Bonchev–Trinajstić information content (AvgIpc) is 3.06. The van der Waals surface area contributed by atoms with Gasteiger partial charge in [0, 0.05) is 52.5 Å². The van der Waals surface area contributed by atoms with Crippen molar-refractivity contribution < 1.29 is 19.1 Å². The smallest absolute Gasteiger partial charge is 0.283 e. The fourth-order valence-electron chi connectivity index (χ4n) is 3.23. The van der Waals surface area contributed by atoms with Gasteiger partial charge in [-0.15, -0.1) is 12.4 Å². The van der Waals surface area contributed by atoms with Gasteiger partial charge in [0.2, 0.25) is 0 Å². The number of halogens is 6. The Morgan fingerprint density at radius 3 is 2.30 bits per heavy atom. The second kappa shape index (κ2) is 10.2. The molecule has 2 aromatic carbocycles. The van der Waals surface area contributed by atoms with Gasteiger partial charge in [-0.25, -0.2) is 18.5 Å². The number of rotatable bonds is 4. The summed E-state index contributed by atoms with van der Waals surface area (Å²) in [5.74, 6) is -4.57. The van der Waals surface area contributed by atoms with E-state index in [1.54, 1.807) is 43.3 Å². The highest BCUT2D eigenvalue weighted by atomic mass is 35.5. The van der Waals surface area contributed by atoms with Crippen LogP contribution in [-0.4, -0.2) is 39.6 Å². The lowest BCUT2D eigenvalue weighted by Crippen LogP contribution is -2.49. The molecular formula is C22H20Cl4F2N4O. The van der Waals surface area contributed by atoms with Crippen LogP contribution >= 0.6 is 47.2 Å². The van der Waals surface area contributed by atoms with Gasteiger partial charge in [-0.05, 0) is 37.3 Å². The first-order valence-electron chi connectivity index (χ1n) is 11.4. The number of nitrogens with one attached hydrogen (secondary N) is 1. The second-order valence-electron chi connectivity index (χ2n) is 7.14. The van der Waals surface area contributed by atoms with Crippen LogP contribution in [-0.2, 0) is 0 Å². The van der Waals surface area contributed by atoms with E-state index in [-0.39, 0.29) is 28.1 Å². The highest BCUT2D eigenvalue weighted by Gasteiger charge is 2.35. The Bertz CT molecular complexity index is 1320. The van der Waals surface area contributed by atoms with Crippen LogP contribution in [0.5, 0.6) is 0 Å². The lowest BCUT2D eigenvalue weighted by molar-refractivity contribution is -0.0631. The standard InChI is InChI=1S/C22H19Cl3F2N4O.ClH/c1-13-19(21(32)29-30-10-8-22(26,27)9-11-30)28-31(18-7-6-16(24)12-17(18)25)20(13)14-2-4-15(23)5-3-14;/h2-7,12H,8-11H2,1H3,(H,29,32);1H/i10D2,11D2;. The number of benzene rings is 2. The molecule has 3 aromatic rings. The van der Waals surface area contributed by atoms with E-state index in [9.17, 15) is 13.6 Å². The van der Waals surface area contributed by atoms with Crippen LogP contribution in [0.4, 0.5) is 8.78 Å². The topological polar surface area (TPSA) is 50.2 Å². The molecule has 0 bridgehead atoms. The van der Waals surface area contributed by atoms with Crippen molar-refractivity contribution in [3.8, 4) is 16.9 Å². The van der Waals surface area contributed by atoms with Crippen molar-refractivity contribution in [3.05, 3.63) is 68.8 Å². The molecule has 2 heterocycles. The van der Waals surface area contributed by atoms with Gasteiger partial charge in [-0.2, -0.15) is 5.10 Å². The zero-order valence-corrected chi connectivity index (χ0v) is 20.1. The van der Waals surface area contributed by atoms with Crippen LogP contribution in [0.2, 0.25) is 15.1 Å². The van der Waals surface area contributed by atoms with E-state index in [1.807, 2.05) is 0 Å². The van der Waals surface area contributed by atoms with Gasteiger partial charge in [0.25, 0.3) is 11.8 Å². The number of hydrogen-bond acceptors (Lipinski definition) is 3. The minimum Gasteiger partial charge on any atom is -0.283 e. The summed E-state index contributed by atoms with van der Waals surface area (Å²) in [6.07, 6.45) is -2.58. The minimum absolute atomic E-state index is 0. The minimum atomic E-state index is -3.58. The number of alkyl halides is 2.